The van der Waals surface area contributed by atoms with E-state index in [0.29, 0.717) is 28.2 Å². The van der Waals surface area contributed by atoms with Gasteiger partial charge in [-0.05, 0) is 79.5 Å². The summed E-state index contributed by atoms with van der Waals surface area (Å²) in [6, 6.07) is 31.7. The third-order valence-electron chi connectivity index (χ3n) is 7.90. The van der Waals surface area contributed by atoms with Crippen LogP contribution in [-0.2, 0) is 21.4 Å². The summed E-state index contributed by atoms with van der Waals surface area (Å²) in [6.45, 7) is 3.20. The molecule has 0 radical (unpaired) electrons. The van der Waals surface area contributed by atoms with Crippen LogP contribution in [0.1, 0.15) is 36.0 Å². The molecule has 1 amide bonds. The molecule has 0 atom stereocenters. The average Bonchev–Trinajstić information content (AvgIpc) is 3.36. The quantitative estimate of drug-likeness (QED) is 0.236. The fourth-order valence-electron chi connectivity index (χ4n) is 5.59. The van der Waals surface area contributed by atoms with Crippen molar-refractivity contribution in [3.8, 4) is 0 Å². The van der Waals surface area contributed by atoms with Crippen molar-refractivity contribution in [1.82, 2.24) is 4.90 Å². The van der Waals surface area contributed by atoms with Crippen molar-refractivity contribution in [2.75, 3.05) is 35.1 Å². The van der Waals surface area contributed by atoms with Crippen molar-refractivity contribution < 1.29 is 13.2 Å². The van der Waals surface area contributed by atoms with Crippen LogP contribution in [0.2, 0.25) is 0 Å². The van der Waals surface area contributed by atoms with Crippen LogP contribution in [-0.4, -0.2) is 39.4 Å². The lowest BCUT2D eigenvalue weighted by atomic mass is 10.00. The maximum atomic E-state index is 13.6. The van der Waals surface area contributed by atoms with Gasteiger partial charge in [0.05, 0.1) is 21.9 Å². The van der Waals surface area contributed by atoms with Crippen LogP contribution in [0.5, 0.6) is 0 Å². The van der Waals surface area contributed by atoms with Crippen LogP contribution in [0.4, 0.5) is 17.1 Å². The number of sulfonamides is 1. The van der Waals surface area contributed by atoms with E-state index in [9.17, 15) is 13.2 Å². The highest BCUT2D eigenvalue weighted by atomic mass is 32.2. The lowest BCUT2D eigenvalue weighted by Gasteiger charge is -2.26. The highest BCUT2D eigenvalue weighted by Crippen LogP contribution is 2.39. The number of rotatable bonds is 8. The van der Waals surface area contributed by atoms with E-state index in [0.717, 1.165) is 30.9 Å². The van der Waals surface area contributed by atoms with Gasteiger partial charge in [0.2, 0.25) is 0 Å². The average molecular weight is 579 g/mol. The fourth-order valence-corrected chi connectivity index (χ4v) is 6.81. The molecule has 4 aromatic rings. The van der Waals surface area contributed by atoms with Crippen molar-refractivity contribution in [1.29, 1.82) is 0 Å². The van der Waals surface area contributed by atoms with Gasteiger partial charge in [-0.15, -0.1) is 0 Å². The molecule has 2 heterocycles. The third-order valence-corrected chi connectivity index (χ3v) is 9.69. The van der Waals surface area contributed by atoms with Gasteiger partial charge in [0.1, 0.15) is 0 Å². The molecule has 8 heteroatoms. The largest absolute Gasteiger partial charge is 0.354 e. The molecule has 214 valence electrons. The molecular formula is C34H34N4O3S. The molecule has 7 nitrogen and oxygen atoms in total. The first kappa shape index (κ1) is 27.8. The van der Waals surface area contributed by atoms with E-state index in [1.807, 2.05) is 48.5 Å². The Labute approximate surface area is 247 Å². The molecule has 1 fully saturated rings. The molecule has 0 unspecified atom stereocenters. The van der Waals surface area contributed by atoms with Gasteiger partial charge in [0.25, 0.3) is 15.9 Å². The van der Waals surface area contributed by atoms with E-state index in [4.69, 9.17) is 0 Å². The number of hydrogen-bond donors (Lipinski definition) is 2. The molecule has 0 bridgehead atoms. The van der Waals surface area contributed by atoms with E-state index >= 15 is 0 Å². The number of piperidine rings is 1. The van der Waals surface area contributed by atoms with Crippen molar-refractivity contribution in [3.05, 3.63) is 120 Å². The van der Waals surface area contributed by atoms with Crippen LogP contribution in [0.25, 0.3) is 11.3 Å². The molecule has 0 spiro atoms. The van der Waals surface area contributed by atoms with Crippen LogP contribution < -0.4 is 14.9 Å². The normalized spacial score (nSPS) is 16.5. The van der Waals surface area contributed by atoms with Gasteiger partial charge in [-0.25, -0.2) is 8.42 Å². The monoisotopic (exact) mass is 578 g/mol. The first-order valence-corrected chi connectivity index (χ1v) is 15.7. The van der Waals surface area contributed by atoms with E-state index in [-0.39, 0.29) is 10.8 Å². The number of para-hydroxylation sites is 1. The summed E-state index contributed by atoms with van der Waals surface area (Å²) in [5, 5.41) is 6.42. The van der Waals surface area contributed by atoms with Crippen LogP contribution in [0.15, 0.2) is 108 Å². The van der Waals surface area contributed by atoms with Gasteiger partial charge in [-0.3, -0.25) is 14.0 Å². The van der Waals surface area contributed by atoms with Crippen molar-refractivity contribution in [2.45, 2.75) is 30.7 Å². The zero-order valence-electron chi connectivity index (χ0n) is 23.6. The SMILES string of the molecule is CN(c1ccccc1)S(=O)(=O)c1ccc2c(c1)C(=C(Nc1ccc(CN3CCCCC3)cc1)c1ccccc1)C(=O)N2. The molecule has 2 aliphatic heterocycles. The predicted octanol–water partition coefficient (Wildman–Crippen LogP) is 6.43. The van der Waals surface area contributed by atoms with Crippen LogP contribution in [0.3, 0.4) is 0 Å². The van der Waals surface area contributed by atoms with E-state index in [1.54, 1.807) is 36.4 Å². The molecule has 0 saturated carbocycles. The summed E-state index contributed by atoms with van der Waals surface area (Å²) in [7, 11) is -2.34. The minimum absolute atomic E-state index is 0.107. The molecule has 2 aliphatic rings. The molecule has 2 N–H and O–H groups in total. The van der Waals surface area contributed by atoms with Crippen LogP contribution >= 0.6 is 0 Å². The molecule has 0 aromatic heterocycles. The number of nitrogens with zero attached hydrogens (tertiary/aromatic N) is 2. The topological polar surface area (TPSA) is 81.8 Å². The molecule has 4 aromatic carbocycles. The lowest BCUT2D eigenvalue weighted by molar-refractivity contribution is -0.110. The van der Waals surface area contributed by atoms with Gasteiger partial charge in [0.15, 0.2) is 0 Å². The Morgan fingerprint density at radius 3 is 2.21 bits per heavy atom. The first-order valence-electron chi connectivity index (χ1n) is 14.3. The Balaban J connectivity index is 1.37. The summed E-state index contributed by atoms with van der Waals surface area (Å²) in [5.74, 6) is -0.288. The number of likely N-dealkylation sites (tertiary alicyclic amines) is 1. The maximum Gasteiger partial charge on any atom is 0.264 e. The maximum absolute atomic E-state index is 13.6. The summed E-state index contributed by atoms with van der Waals surface area (Å²) in [6.07, 6.45) is 3.82. The Hall–Kier alpha value is -4.40. The smallest absolute Gasteiger partial charge is 0.264 e. The van der Waals surface area contributed by atoms with Gasteiger partial charge in [-0.2, -0.15) is 0 Å². The second-order valence-corrected chi connectivity index (χ2v) is 12.7. The number of amides is 1. The predicted molar refractivity (Wildman–Crippen MR) is 170 cm³/mol. The Bertz CT molecular complexity index is 1710. The standard InChI is InChI=1S/C34H34N4O3S/c1-37(28-13-7-3-8-14-28)42(40,41)29-19-20-31-30(23-29)32(34(39)36-31)33(26-11-5-2-6-12-26)35-27-17-15-25(16-18-27)24-38-21-9-4-10-22-38/h2-3,5-8,11-20,23,35H,4,9-10,21-22,24H2,1H3,(H,36,39). The molecule has 0 aliphatic carbocycles. The van der Waals surface area contributed by atoms with Gasteiger partial charge >= 0.3 is 0 Å². The van der Waals surface area contributed by atoms with Gasteiger partial charge in [-0.1, -0.05) is 67.1 Å². The highest BCUT2D eigenvalue weighted by Gasteiger charge is 2.31. The second kappa shape index (κ2) is 11.8. The molecule has 6 rings (SSSR count). The minimum Gasteiger partial charge on any atom is -0.354 e. The minimum atomic E-state index is -3.87. The van der Waals surface area contributed by atoms with Crippen LogP contribution in [0, 0.1) is 0 Å². The van der Waals surface area contributed by atoms with Crippen molar-refractivity contribution in [3.63, 3.8) is 0 Å². The van der Waals surface area contributed by atoms with E-state index in [2.05, 4.69) is 27.7 Å². The molecular weight excluding hydrogens is 544 g/mol. The van der Waals surface area contributed by atoms with Crippen molar-refractivity contribution in [2.24, 2.45) is 0 Å². The second-order valence-electron chi connectivity index (χ2n) is 10.7. The number of benzene rings is 4. The summed E-state index contributed by atoms with van der Waals surface area (Å²) in [5.41, 5.74) is 5.59. The number of carbonyl (C=O) groups is 1. The van der Waals surface area contributed by atoms with E-state index < -0.39 is 10.0 Å². The first-order chi connectivity index (χ1) is 20.4. The highest BCUT2D eigenvalue weighted by molar-refractivity contribution is 7.92. The summed E-state index contributed by atoms with van der Waals surface area (Å²) >= 11 is 0. The number of fused-ring (bicyclic) bond motifs is 1. The number of hydrogen-bond acceptors (Lipinski definition) is 5. The number of carbonyl (C=O) groups excluding carboxylic acids is 1. The zero-order chi connectivity index (χ0) is 29.1. The Kier molecular flexibility index (Phi) is 7.82. The summed E-state index contributed by atoms with van der Waals surface area (Å²) in [4.78, 5) is 16.1. The molecule has 42 heavy (non-hydrogen) atoms. The zero-order valence-corrected chi connectivity index (χ0v) is 24.4. The summed E-state index contributed by atoms with van der Waals surface area (Å²) < 4.78 is 28.5. The third kappa shape index (κ3) is 5.68. The van der Waals surface area contributed by atoms with Gasteiger partial charge in [0, 0.05) is 30.5 Å². The Morgan fingerprint density at radius 1 is 0.857 bits per heavy atom. The molecule has 1 saturated heterocycles. The fraction of sp³-hybridized carbons (Fsp3) is 0.206. The number of anilines is 3. The van der Waals surface area contributed by atoms with Gasteiger partial charge < -0.3 is 10.6 Å². The number of nitrogens with one attached hydrogen (secondary N) is 2. The van der Waals surface area contributed by atoms with Crippen molar-refractivity contribution >= 4 is 44.3 Å². The Morgan fingerprint density at radius 2 is 1.52 bits per heavy atom. The van der Waals surface area contributed by atoms with E-state index in [1.165, 1.54) is 42.2 Å². The lowest BCUT2D eigenvalue weighted by Crippen LogP contribution is -2.29.